The van der Waals surface area contributed by atoms with E-state index >= 15 is 0 Å². The monoisotopic (exact) mass is 276 g/mol. The Morgan fingerprint density at radius 3 is 2.58 bits per heavy atom. The van der Waals surface area contributed by atoms with Gasteiger partial charge in [0, 0.05) is 12.6 Å². The highest BCUT2D eigenvalue weighted by Crippen LogP contribution is 2.32. The van der Waals surface area contributed by atoms with Gasteiger partial charge in [0.05, 0.1) is 5.56 Å². The van der Waals surface area contributed by atoms with E-state index in [2.05, 4.69) is 11.9 Å². The van der Waals surface area contributed by atoms with Crippen LogP contribution in [0.15, 0.2) is 30.9 Å². The van der Waals surface area contributed by atoms with Crippen molar-refractivity contribution in [1.29, 1.82) is 0 Å². The minimum atomic E-state index is -4.71. The first-order valence-electron chi connectivity index (χ1n) is 5.81. The quantitative estimate of drug-likeness (QED) is 0.476. The first-order chi connectivity index (χ1) is 8.90. The molecular formula is C13H16F4N2. The van der Waals surface area contributed by atoms with Crippen LogP contribution >= 0.6 is 0 Å². The lowest BCUT2D eigenvalue weighted by Gasteiger charge is -2.18. The molecule has 0 aromatic heterocycles. The lowest BCUT2D eigenvalue weighted by atomic mass is 10.0. The third kappa shape index (κ3) is 4.33. The SMILES string of the molecule is C=CCCNC(CN)c1ccc(F)c(C(F)(F)F)c1. The fourth-order valence-corrected chi connectivity index (χ4v) is 1.67. The van der Waals surface area contributed by atoms with Gasteiger partial charge in [0.2, 0.25) is 0 Å². The largest absolute Gasteiger partial charge is 0.419 e. The van der Waals surface area contributed by atoms with E-state index < -0.39 is 23.6 Å². The van der Waals surface area contributed by atoms with Crippen molar-refractivity contribution in [2.75, 3.05) is 13.1 Å². The summed E-state index contributed by atoms with van der Waals surface area (Å²) >= 11 is 0. The topological polar surface area (TPSA) is 38.0 Å². The number of hydrogen-bond donors (Lipinski definition) is 2. The van der Waals surface area contributed by atoms with Gasteiger partial charge in [-0.3, -0.25) is 0 Å². The summed E-state index contributed by atoms with van der Waals surface area (Å²) in [5.74, 6) is -1.28. The standard InChI is InChI=1S/C13H16F4N2/c1-2-3-6-19-12(8-18)9-4-5-11(14)10(7-9)13(15,16)17/h2,4-5,7,12,19H,1,3,6,8,18H2. The lowest BCUT2D eigenvalue weighted by molar-refractivity contribution is -0.140. The number of benzene rings is 1. The number of nitrogens with one attached hydrogen (secondary N) is 1. The molecule has 1 atom stereocenters. The molecule has 0 aliphatic rings. The van der Waals surface area contributed by atoms with Gasteiger partial charge in [-0.15, -0.1) is 6.58 Å². The van der Waals surface area contributed by atoms with Gasteiger partial charge in [-0.2, -0.15) is 13.2 Å². The Morgan fingerprint density at radius 1 is 1.37 bits per heavy atom. The average Bonchev–Trinajstić information content (AvgIpc) is 2.34. The molecule has 0 saturated carbocycles. The van der Waals surface area contributed by atoms with Crippen molar-refractivity contribution < 1.29 is 17.6 Å². The number of nitrogens with two attached hydrogens (primary N) is 1. The number of alkyl halides is 3. The van der Waals surface area contributed by atoms with Gasteiger partial charge in [0.1, 0.15) is 5.82 Å². The van der Waals surface area contributed by atoms with Crippen molar-refractivity contribution in [3.63, 3.8) is 0 Å². The van der Waals surface area contributed by atoms with Gasteiger partial charge in [-0.25, -0.2) is 4.39 Å². The van der Waals surface area contributed by atoms with Gasteiger partial charge in [-0.05, 0) is 30.7 Å². The van der Waals surface area contributed by atoms with Crippen LogP contribution in [0.5, 0.6) is 0 Å². The number of rotatable bonds is 6. The van der Waals surface area contributed by atoms with Crippen molar-refractivity contribution >= 4 is 0 Å². The molecule has 0 heterocycles. The highest BCUT2D eigenvalue weighted by atomic mass is 19.4. The van der Waals surface area contributed by atoms with Crippen LogP contribution in [0, 0.1) is 5.82 Å². The van der Waals surface area contributed by atoms with Crippen molar-refractivity contribution in [2.45, 2.75) is 18.6 Å². The zero-order chi connectivity index (χ0) is 14.5. The van der Waals surface area contributed by atoms with E-state index in [1.807, 2.05) is 0 Å². The predicted molar refractivity (Wildman–Crippen MR) is 66.0 cm³/mol. The maximum Gasteiger partial charge on any atom is 0.419 e. The molecule has 19 heavy (non-hydrogen) atoms. The summed E-state index contributed by atoms with van der Waals surface area (Å²) in [6.45, 7) is 4.22. The van der Waals surface area contributed by atoms with Gasteiger partial charge in [0.25, 0.3) is 0 Å². The van der Waals surface area contributed by atoms with E-state index in [1.165, 1.54) is 6.07 Å². The number of halogens is 4. The third-order valence-electron chi connectivity index (χ3n) is 2.67. The molecule has 0 amide bonds. The molecule has 0 aliphatic carbocycles. The second-order valence-corrected chi connectivity index (χ2v) is 4.06. The van der Waals surface area contributed by atoms with E-state index in [0.29, 0.717) is 18.5 Å². The normalized spacial score (nSPS) is 13.3. The molecule has 106 valence electrons. The van der Waals surface area contributed by atoms with Crippen LogP contribution in [0.25, 0.3) is 0 Å². The van der Waals surface area contributed by atoms with E-state index in [-0.39, 0.29) is 6.54 Å². The summed E-state index contributed by atoms with van der Waals surface area (Å²) in [5, 5.41) is 3.00. The molecular weight excluding hydrogens is 260 g/mol. The maximum absolute atomic E-state index is 13.2. The Bertz CT molecular complexity index is 429. The second-order valence-electron chi connectivity index (χ2n) is 4.06. The molecule has 0 spiro atoms. The summed E-state index contributed by atoms with van der Waals surface area (Å²) in [6.07, 6.45) is -2.35. The Balaban J connectivity index is 2.95. The van der Waals surface area contributed by atoms with Gasteiger partial charge >= 0.3 is 6.18 Å². The van der Waals surface area contributed by atoms with E-state index in [1.54, 1.807) is 6.08 Å². The Morgan fingerprint density at radius 2 is 2.05 bits per heavy atom. The van der Waals surface area contributed by atoms with E-state index in [0.717, 1.165) is 12.1 Å². The second kappa shape index (κ2) is 6.68. The third-order valence-corrected chi connectivity index (χ3v) is 2.67. The first-order valence-corrected chi connectivity index (χ1v) is 5.81. The van der Waals surface area contributed by atoms with Crippen LogP contribution < -0.4 is 11.1 Å². The molecule has 1 aromatic rings. The lowest BCUT2D eigenvalue weighted by Crippen LogP contribution is -2.29. The van der Waals surface area contributed by atoms with Crippen molar-refractivity contribution in [2.24, 2.45) is 5.73 Å². The molecule has 1 rings (SSSR count). The Hall–Kier alpha value is -1.40. The summed E-state index contributed by atoms with van der Waals surface area (Å²) in [4.78, 5) is 0. The van der Waals surface area contributed by atoms with Crippen LogP contribution in [0.2, 0.25) is 0 Å². The van der Waals surface area contributed by atoms with Crippen LogP contribution in [-0.2, 0) is 6.18 Å². The van der Waals surface area contributed by atoms with E-state index in [9.17, 15) is 17.6 Å². The number of hydrogen-bond acceptors (Lipinski definition) is 2. The minimum absolute atomic E-state index is 0.125. The summed E-state index contributed by atoms with van der Waals surface area (Å²) in [7, 11) is 0. The highest BCUT2D eigenvalue weighted by molar-refractivity contribution is 5.29. The molecule has 0 fully saturated rings. The van der Waals surface area contributed by atoms with Crippen molar-refractivity contribution in [3.8, 4) is 0 Å². The highest BCUT2D eigenvalue weighted by Gasteiger charge is 2.34. The van der Waals surface area contributed by atoms with Crippen LogP contribution in [-0.4, -0.2) is 13.1 Å². The molecule has 1 unspecified atom stereocenters. The van der Waals surface area contributed by atoms with Gasteiger partial charge < -0.3 is 11.1 Å². The molecule has 2 nitrogen and oxygen atoms in total. The maximum atomic E-state index is 13.2. The summed E-state index contributed by atoms with van der Waals surface area (Å²) in [6, 6.07) is 2.48. The smallest absolute Gasteiger partial charge is 0.329 e. The van der Waals surface area contributed by atoms with Crippen molar-refractivity contribution in [3.05, 3.63) is 47.8 Å². The fourth-order valence-electron chi connectivity index (χ4n) is 1.67. The Kier molecular flexibility index (Phi) is 5.50. The zero-order valence-electron chi connectivity index (χ0n) is 10.3. The predicted octanol–water partition coefficient (Wildman–Crippen LogP) is 3.01. The molecule has 0 radical (unpaired) electrons. The van der Waals surface area contributed by atoms with Crippen LogP contribution in [0.3, 0.4) is 0 Å². The first kappa shape index (κ1) is 15.7. The van der Waals surface area contributed by atoms with E-state index in [4.69, 9.17) is 5.73 Å². The van der Waals surface area contributed by atoms with Crippen molar-refractivity contribution in [1.82, 2.24) is 5.32 Å². The average molecular weight is 276 g/mol. The molecule has 0 saturated heterocycles. The van der Waals surface area contributed by atoms with Gasteiger partial charge in [-0.1, -0.05) is 12.1 Å². The Labute approximate surface area is 109 Å². The van der Waals surface area contributed by atoms with Gasteiger partial charge in [0.15, 0.2) is 0 Å². The molecule has 6 heteroatoms. The minimum Gasteiger partial charge on any atom is -0.329 e. The summed E-state index contributed by atoms with van der Waals surface area (Å²) in [5.41, 5.74) is 4.57. The fraction of sp³-hybridized carbons (Fsp3) is 0.385. The molecule has 3 N–H and O–H groups in total. The molecule has 1 aromatic carbocycles. The van der Waals surface area contributed by atoms with Crippen LogP contribution in [0.1, 0.15) is 23.6 Å². The zero-order valence-corrected chi connectivity index (χ0v) is 10.3. The van der Waals surface area contributed by atoms with Crippen LogP contribution in [0.4, 0.5) is 17.6 Å². The summed E-state index contributed by atoms with van der Waals surface area (Å²) < 4.78 is 50.9. The molecule has 0 bridgehead atoms. The molecule has 0 aliphatic heterocycles.